The molecular weight excluding hydrogens is 290 g/mol. The van der Waals surface area contributed by atoms with E-state index in [1.54, 1.807) is 42.1 Å². The number of nitrogens with zero attached hydrogens (tertiary/aromatic N) is 3. The van der Waals surface area contributed by atoms with Crippen LogP contribution < -0.4 is 4.72 Å². The summed E-state index contributed by atoms with van der Waals surface area (Å²) in [7, 11) is -3.65. The van der Waals surface area contributed by atoms with Gasteiger partial charge in [-0.25, -0.2) is 9.67 Å². The van der Waals surface area contributed by atoms with E-state index in [2.05, 4.69) is 19.8 Å². The number of anilines is 1. The molecule has 3 rings (SSSR count). The first-order valence-corrected chi connectivity index (χ1v) is 7.67. The van der Waals surface area contributed by atoms with Gasteiger partial charge >= 0.3 is 0 Å². The van der Waals surface area contributed by atoms with Crippen LogP contribution in [0.3, 0.4) is 0 Å². The molecule has 21 heavy (non-hydrogen) atoms. The predicted molar refractivity (Wildman–Crippen MR) is 77.7 cm³/mol. The Hall–Kier alpha value is -2.61. The van der Waals surface area contributed by atoms with Crippen LogP contribution in [0, 0.1) is 6.92 Å². The number of H-pyrrole nitrogens is 1. The summed E-state index contributed by atoms with van der Waals surface area (Å²) in [6.07, 6.45) is 4.78. The van der Waals surface area contributed by atoms with Crippen LogP contribution in [0.2, 0.25) is 0 Å². The highest BCUT2D eigenvalue weighted by atomic mass is 32.2. The number of aromatic amines is 1. The number of rotatable bonds is 4. The Balaban J connectivity index is 1.82. The number of imidazole rings is 1. The fourth-order valence-electron chi connectivity index (χ4n) is 1.85. The third-order valence-electron chi connectivity index (χ3n) is 2.86. The van der Waals surface area contributed by atoms with Gasteiger partial charge in [-0.1, -0.05) is 0 Å². The number of aryl methyl sites for hydroxylation is 1. The van der Waals surface area contributed by atoms with Crippen LogP contribution in [0.1, 0.15) is 5.82 Å². The van der Waals surface area contributed by atoms with E-state index in [0.717, 1.165) is 5.69 Å². The number of hydrogen-bond acceptors (Lipinski definition) is 4. The van der Waals surface area contributed by atoms with Crippen molar-refractivity contribution in [3.63, 3.8) is 0 Å². The van der Waals surface area contributed by atoms with E-state index in [-0.39, 0.29) is 5.03 Å². The van der Waals surface area contributed by atoms with E-state index in [0.29, 0.717) is 11.5 Å². The Bertz CT molecular complexity index is 835. The maximum atomic E-state index is 12.1. The Morgan fingerprint density at radius 2 is 2.00 bits per heavy atom. The minimum absolute atomic E-state index is 0.0381. The summed E-state index contributed by atoms with van der Waals surface area (Å²) < 4.78 is 28.4. The highest BCUT2D eigenvalue weighted by Gasteiger charge is 2.16. The maximum Gasteiger partial charge on any atom is 0.278 e. The minimum Gasteiger partial charge on any atom is -0.332 e. The number of nitrogens with one attached hydrogen (secondary N) is 2. The topological polar surface area (TPSA) is 92.7 Å². The van der Waals surface area contributed by atoms with Crippen LogP contribution >= 0.6 is 0 Å². The SMILES string of the molecule is Cc1ncc(S(=O)(=O)Nc2ccc(-n3cccn3)cc2)[nH]1. The van der Waals surface area contributed by atoms with Crippen LogP contribution in [0.4, 0.5) is 5.69 Å². The van der Waals surface area contributed by atoms with Gasteiger partial charge in [-0.3, -0.25) is 4.72 Å². The Labute approximate surface area is 121 Å². The highest BCUT2D eigenvalue weighted by Crippen LogP contribution is 2.16. The molecule has 0 amide bonds. The average molecular weight is 303 g/mol. The zero-order valence-electron chi connectivity index (χ0n) is 11.2. The van der Waals surface area contributed by atoms with Crippen molar-refractivity contribution in [1.29, 1.82) is 0 Å². The standard InChI is InChI=1S/C13H13N5O2S/c1-10-14-9-13(16-10)21(19,20)17-11-3-5-12(6-4-11)18-8-2-7-15-18/h2-9,17H,1H3,(H,14,16). The third-order valence-corrected chi connectivity index (χ3v) is 4.15. The lowest BCUT2D eigenvalue weighted by Crippen LogP contribution is -2.13. The molecule has 0 unspecified atom stereocenters. The molecule has 0 aliphatic carbocycles. The van der Waals surface area contributed by atoms with Crippen LogP contribution in [0.15, 0.2) is 53.9 Å². The molecule has 0 spiro atoms. The van der Waals surface area contributed by atoms with Crippen molar-refractivity contribution in [2.75, 3.05) is 4.72 Å². The van der Waals surface area contributed by atoms with Crippen molar-refractivity contribution in [3.8, 4) is 5.69 Å². The minimum atomic E-state index is -3.65. The first-order chi connectivity index (χ1) is 10.0. The summed E-state index contributed by atoms with van der Waals surface area (Å²) in [5, 5.41) is 4.14. The van der Waals surface area contributed by atoms with Gasteiger partial charge in [0, 0.05) is 18.1 Å². The quantitative estimate of drug-likeness (QED) is 0.767. The van der Waals surface area contributed by atoms with Crippen molar-refractivity contribution in [3.05, 3.63) is 54.7 Å². The number of hydrogen-bond donors (Lipinski definition) is 2. The normalized spacial score (nSPS) is 11.5. The smallest absolute Gasteiger partial charge is 0.278 e. The van der Waals surface area contributed by atoms with Crippen LogP contribution in [-0.4, -0.2) is 28.2 Å². The zero-order valence-corrected chi connectivity index (χ0v) is 12.0. The second-order valence-electron chi connectivity index (χ2n) is 4.44. The monoisotopic (exact) mass is 303 g/mol. The average Bonchev–Trinajstić information content (AvgIpc) is 3.10. The molecule has 0 saturated carbocycles. The van der Waals surface area contributed by atoms with Gasteiger partial charge in [0.25, 0.3) is 10.0 Å². The molecule has 0 fully saturated rings. The Morgan fingerprint density at radius 1 is 1.24 bits per heavy atom. The van der Waals surface area contributed by atoms with Crippen LogP contribution in [0.5, 0.6) is 0 Å². The second-order valence-corrected chi connectivity index (χ2v) is 6.09. The van der Waals surface area contributed by atoms with Crippen LogP contribution in [-0.2, 0) is 10.0 Å². The molecular formula is C13H13N5O2S. The van der Waals surface area contributed by atoms with E-state index < -0.39 is 10.0 Å². The van der Waals surface area contributed by atoms with Crippen molar-refractivity contribution in [1.82, 2.24) is 19.7 Å². The lowest BCUT2D eigenvalue weighted by molar-refractivity contribution is 0.598. The molecule has 0 radical (unpaired) electrons. The van der Waals surface area contributed by atoms with Gasteiger partial charge in [0.05, 0.1) is 11.9 Å². The predicted octanol–water partition coefficient (Wildman–Crippen LogP) is 1.70. The summed E-state index contributed by atoms with van der Waals surface area (Å²) in [5.74, 6) is 0.546. The number of sulfonamides is 1. The molecule has 1 aromatic carbocycles. The molecule has 2 N–H and O–H groups in total. The first kappa shape index (κ1) is 13.4. The van der Waals surface area contributed by atoms with E-state index in [9.17, 15) is 8.42 Å². The van der Waals surface area contributed by atoms with Gasteiger partial charge < -0.3 is 4.98 Å². The lowest BCUT2D eigenvalue weighted by atomic mass is 10.3. The number of benzene rings is 1. The van der Waals surface area contributed by atoms with Crippen molar-refractivity contribution < 1.29 is 8.42 Å². The molecule has 2 aromatic heterocycles. The van der Waals surface area contributed by atoms with Gasteiger partial charge in [0.2, 0.25) is 0 Å². The Kier molecular flexibility index (Phi) is 3.22. The Morgan fingerprint density at radius 3 is 2.57 bits per heavy atom. The van der Waals surface area contributed by atoms with E-state index in [1.807, 2.05) is 12.3 Å². The van der Waals surface area contributed by atoms with Gasteiger partial charge in [-0.2, -0.15) is 13.5 Å². The first-order valence-electron chi connectivity index (χ1n) is 6.19. The van der Waals surface area contributed by atoms with Crippen molar-refractivity contribution in [2.45, 2.75) is 11.9 Å². The molecule has 0 bridgehead atoms. The van der Waals surface area contributed by atoms with Crippen LogP contribution in [0.25, 0.3) is 5.69 Å². The molecule has 0 atom stereocenters. The maximum absolute atomic E-state index is 12.1. The second kappa shape index (κ2) is 5.06. The molecule has 7 nitrogen and oxygen atoms in total. The molecule has 0 saturated heterocycles. The fourth-order valence-corrected chi connectivity index (χ4v) is 2.88. The summed E-state index contributed by atoms with van der Waals surface area (Å²) >= 11 is 0. The summed E-state index contributed by atoms with van der Waals surface area (Å²) in [5.41, 5.74) is 1.32. The zero-order chi connectivity index (χ0) is 14.9. The molecule has 2 heterocycles. The largest absolute Gasteiger partial charge is 0.332 e. The molecule has 8 heteroatoms. The third kappa shape index (κ3) is 2.79. The lowest BCUT2D eigenvalue weighted by Gasteiger charge is -2.07. The van der Waals surface area contributed by atoms with Gasteiger partial charge in [0.15, 0.2) is 5.03 Å². The summed E-state index contributed by atoms with van der Waals surface area (Å²) in [6, 6.07) is 8.74. The number of aromatic nitrogens is 4. The van der Waals surface area contributed by atoms with Crippen molar-refractivity contribution >= 4 is 15.7 Å². The van der Waals surface area contributed by atoms with E-state index >= 15 is 0 Å². The summed E-state index contributed by atoms with van der Waals surface area (Å²) in [4.78, 5) is 6.58. The van der Waals surface area contributed by atoms with Gasteiger partial charge in [-0.15, -0.1) is 0 Å². The molecule has 108 valence electrons. The molecule has 0 aliphatic rings. The van der Waals surface area contributed by atoms with Gasteiger partial charge in [0.1, 0.15) is 5.82 Å². The molecule has 3 aromatic rings. The fraction of sp³-hybridized carbons (Fsp3) is 0.0769. The van der Waals surface area contributed by atoms with E-state index in [4.69, 9.17) is 0 Å². The molecule has 0 aliphatic heterocycles. The van der Waals surface area contributed by atoms with E-state index in [1.165, 1.54) is 6.20 Å². The van der Waals surface area contributed by atoms with Gasteiger partial charge in [-0.05, 0) is 37.3 Å². The van der Waals surface area contributed by atoms with Crippen molar-refractivity contribution in [2.24, 2.45) is 0 Å². The summed E-state index contributed by atoms with van der Waals surface area (Å²) in [6.45, 7) is 1.69. The highest BCUT2D eigenvalue weighted by molar-refractivity contribution is 7.92.